The molecule has 4 heteroatoms. The third kappa shape index (κ3) is 2.69. The van der Waals surface area contributed by atoms with E-state index in [1.807, 2.05) is 0 Å². The number of amides is 1. The molecule has 1 saturated carbocycles. The van der Waals surface area contributed by atoms with Crippen LogP contribution in [0.25, 0.3) is 0 Å². The highest BCUT2D eigenvalue weighted by atomic mass is 32.1. The van der Waals surface area contributed by atoms with Gasteiger partial charge in [-0.05, 0) is 54.6 Å². The Bertz CT molecular complexity index is 386. The molecule has 0 unspecified atom stereocenters. The predicted molar refractivity (Wildman–Crippen MR) is 69.0 cm³/mol. The van der Waals surface area contributed by atoms with Crippen LogP contribution in [0.3, 0.4) is 0 Å². The molecule has 1 atom stereocenters. The Hall–Kier alpha value is -0.870. The van der Waals surface area contributed by atoms with E-state index in [4.69, 9.17) is 0 Å². The Morgan fingerprint density at radius 2 is 2.35 bits per heavy atom. The van der Waals surface area contributed by atoms with Crippen LogP contribution in [0.1, 0.15) is 37.3 Å². The molecule has 1 amide bonds. The first-order chi connectivity index (χ1) is 8.33. The summed E-state index contributed by atoms with van der Waals surface area (Å²) >= 11 is 1.74. The summed E-state index contributed by atoms with van der Waals surface area (Å²) < 4.78 is 0. The van der Waals surface area contributed by atoms with E-state index < -0.39 is 0 Å². The fourth-order valence-electron chi connectivity index (χ4n) is 2.54. The van der Waals surface area contributed by atoms with Crippen molar-refractivity contribution in [2.24, 2.45) is 0 Å². The molecule has 1 aliphatic heterocycles. The van der Waals surface area contributed by atoms with Gasteiger partial charge >= 0.3 is 0 Å². The lowest BCUT2D eigenvalue weighted by Gasteiger charge is -2.23. The zero-order chi connectivity index (χ0) is 11.7. The van der Waals surface area contributed by atoms with E-state index in [2.05, 4.69) is 27.0 Å². The van der Waals surface area contributed by atoms with E-state index in [9.17, 15) is 4.79 Å². The molecule has 1 saturated heterocycles. The lowest BCUT2D eigenvalue weighted by atomic mass is 10.1. The summed E-state index contributed by atoms with van der Waals surface area (Å²) in [7, 11) is 0. The zero-order valence-corrected chi connectivity index (χ0v) is 10.7. The first kappa shape index (κ1) is 11.2. The summed E-state index contributed by atoms with van der Waals surface area (Å²) in [6.07, 6.45) is 4.73. The molecular weight excluding hydrogens is 232 g/mol. The number of nitrogens with one attached hydrogen (secondary N) is 1. The van der Waals surface area contributed by atoms with Gasteiger partial charge in [0.1, 0.15) is 0 Å². The molecule has 3 nitrogen and oxygen atoms in total. The minimum absolute atomic E-state index is 0.203. The third-order valence-electron chi connectivity index (χ3n) is 3.58. The molecule has 92 valence electrons. The molecule has 17 heavy (non-hydrogen) atoms. The van der Waals surface area contributed by atoms with Crippen LogP contribution in [0.4, 0.5) is 0 Å². The predicted octanol–water partition coefficient (Wildman–Crippen LogP) is 2.16. The fraction of sp³-hybridized carbons (Fsp3) is 0.615. The van der Waals surface area contributed by atoms with Crippen LogP contribution < -0.4 is 5.32 Å². The molecule has 3 rings (SSSR count). The number of carbonyl (C=O) groups is 1. The van der Waals surface area contributed by atoms with Gasteiger partial charge in [0, 0.05) is 12.1 Å². The van der Waals surface area contributed by atoms with Gasteiger partial charge in [-0.1, -0.05) is 0 Å². The average Bonchev–Trinajstić information content (AvgIpc) is 2.83. The van der Waals surface area contributed by atoms with Crippen LogP contribution in [-0.2, 0) is 4.79 Å². The Morgan fingerprint density at radius 1 is 1.47 bits per heavy atom. The molecule has 0 bridgehead atoms. The number of hydrogen-bond donors (Lipinski definition) is 1. The molecule has 0 aromatic carbocycles. The van der Waals surface area contributed by atoms with Crippen LogP contribution in [-0.4, -0.2) is 29.9 Å². The summed E-state index contributed by atoms with van der Waals surface area (Å²) in [6, 6.07) is 3.13. The Labute approximate surface area is 106 Å². The Balaban J connectivity index is 1.59. The average molecular weight is 250 g/mol. The van der Waals surface area contributed by atoms with Gasteiger partial charge in [-0.25, -0.2) is 0 Å². The second-order valence-electron chi connectivity index (χ2n) is 5.03. The lowest BCUT2D eigenvalue weighted by molar-refractivity contribution is -0.122. The van der Waals surface area contributed by atoms with Crippen molar-refractivity contribution in [3.05, 3.63) is 22.4 Å². The molecule has 1 aliphatic carbocycles. The molecule has 1 aromatic rings. The standard InChI is InChI=1S/C13H18N2OS/c16-13(14-11-3-4-11)8-15-6-1-2-12(15)10-5-7-17-9-10/h5,7,9,11-12H,1-4,6,8H2,(H,14,16)/t12-/m1/s1. The van der Waals surface area contributed by atoms with E-state index >= 15 is 0 Å². The van der Waals surface area contributed by atoms with Crippen LogP contribution >= 0.6 is 11.3 Å². The van der Waals surface area contributed by atoms with Crippen molar-refractivity contribution in [1.29, 1.82) is 0 Å². The number of likely N-dealkylation sites (tertiary alicyclic amines) is 1. The van der Waals surface area contributed by atoms with Crippen molar-refractivity contribution < 1.29 is 4.79 Å². The van der Waals surface area contributed by atoms with E-state index in [-0.39, 0.29) is 5.91 Å². The van der Waals surface area contributed by atoms with Crippen molar-refractivity contribution in [2.45, 2.75) is 37.8 Å². The Morgan fingerprint density at radius 3 is 3.06 bits per heavy atom. The maximum absolute atomic E-state index is 11.8. The molecule has 1 aromatic heterocycles. The summed E-state index contributed by atoms with van der Waals surface area (Å²) in [5.41, 5.74) is 1.38. The van der Waals surface area contributed by atoms with Crippen molar-refractivity contribution in [3.63, 3.8) is 0 Å². The smallest absolute Gasteiger partial charge is 0.234 e. The lowest BCUT2D eigenvalue weighted by Crippen LogP contribution is -2.37. The van der Waals surface area contributed by atoms with Crippen LogP contribution in [0, 0.1) is 0 Å². The zero-order valence-electron chi connectivity index (χ0n) is 9.89. The van der Waals surface area contributed by atoms with Gasteiger partial charge in [0.2, 0.25) is 5.91 Å². The van der Waals surface area contributed by atoms with Crippen molar-refractivity contribution >= 4 is 17.2 Å². The van der Waals surface area contributed by atoms with Gasteiger partial charge in [0.05, 0.1) is 6.54 Å². The molecule has 0 spiro atoms. The topological polar surface area (TPSA) is 32.3 Å². The van der Waals surface area contributed by atoms with Gasteiger partial charge in [-0.3, -0.25) is 9.69 Å². The van der Waals surface area contributed by atoms with Gasteiger partial charge in [-0.2, -0.15) is 11.3 Å². The molecule has 1 N–H and O–H groups in total. The molecule has 2 fully saturated rings. The molecular formula is C13H18N2OS. The van der Waals surface area contributed by atoms with Crippen molar-refractivity contribution in [2.75, 3.05) is 13.1 Å². The SMILES string of the molecule is O=C(CN1CCC[C@@H]1c1ccsc1)NC1CC1. The minimum Gasteiger partial charge on any atom is -0.352 e. The van der Waals surface area contributed by atoms with Crippen LogP contribution in [0.2, 0.25) is 0 Å². The van der Waals surface area contributed by atoms with Crippen LogP contribution in [0.15, 0.2) is 16.8 Å². The van der Waals surface area contributed by atoms with E-state index in [1.165, 1.54) is 31.2 Å². The minimum atomic E-state index is 0.203. The Kier molecular flexibility index (Phi) is 3.16. The van der Waals surface area contributed by atoms with E-state index in [0.29, 0.717) is 18.6 Å². The van der Waals surface area contributed by atoms with E-state index in [0.717, 1.165) is 6.54 Å². The number of carbonyl (C=O) groups excluding carboxylic acids is 1. The molecule has 2 aliphatic rings. The maximum Gasteiger partial charge on any atom is 0.234 e. The van der Waals surface area contributed by atoms with Crippen molar-refractivity contribution in [3.8, 4) is 0 Å². The first-order valence-corrected chi connectivity index (χ1v) is 7.33. The fourth-order valence-corrected chi connectivity index (χ4v) is 3.25. The quantitative estimate of drug-likeness (QED) is 0.888. The number of hydrogen-bond acceptors (Lipinski definition) is 3. The highest BCUT2D eigenvalue weighted by molar-refractivity contribution is 7.07. The molecule has 0 radical (unpaired) electrons. The van der Waals surface area contributed by atoms with Gasteiger partial charge in [0.25, 0.3) is 0 Å². The summed E-state index contributed by atoms with van der Waals surface area (Å²) in [4.78, 5) is 14.1. The number of nitrogens with zero attached hydrogens (tertiary/aromatic N) is 1. The van der Waals surface area contributed by atoms with Gasteiger partial charge < -0.3 is 5.32 Å². The normalized spacial score (nSPS) is 25.1. The second kappa shape index (κ2) is 4.78. The summed E-state index contributed by atoms with van der Waals surface area (Å²) in [5.74, 6) is 0.203. The van der Waals surface area contributed by atoms with Gasteiger partial charge in [0.15, 0.2) is 0 Å². The maximum atomic E-state index is 11.8. The summed E-state index contributed by atoms with van der Waals surface area (Å²) in [6.45, 7) is 1.62. The van der Waals surface area contributed by atoms with Crippen LogP contribution in [0.5, 0.6) is 0 Å². The first-order valence-electron chi connectivity index (χ1n) is 6.38. The molecule has 2 heterocycles. The summed E-state index contributed by atoms with van der Waals surface area (Å²) in [5, 5.41) is 7.40. The monoisotopic (exact) mass is 250 g/mol. The number of thiophene rings is 1. The van der Waals surface area contributed by atoms with E-state index in [1.54, 1.807) is 11.3 Å². The number of rotatable bonds is 4. The second-order valence-corrected chi connectivity index (χ2v) is 5.81. The largest absolute Gasteiger partial charge is 0.352 e. The highest BCUT2D eigenvalue weighted by Gasteiger charge is 2.29. The third-order valence-corrected chi connectivity index (χ3v) is 4.28. The van der Waals surface area contributed by atoms with Crippen molar-refractivity contribution in [1.82, 2.24) is 10.2 Å². The highest BCUT2D eigenvalue weighted by Crippen LogP contribution is 2.32. The van der Waals surface area contributed by atoms with Gasteiger partial charge in [-0.15, -0.1) is 0 Å².